The van der Waals surface area contributed by atoms with Crippen LogP contribution in [0.5, 0.6) is 0 Å². The van der Waals surface area contributed by atoms with Crippen LogP contribution >= 0.6 is 7.92 Å². The van der Waals surface area contributed by atoms with Crippen molar-refractivity contribution in [2.45, 2.75) is 113 Å². The zero-order valence-electron chi connectivity index (χ0n) is 14.5. The smallest absolute Gasteiger partial charge is 0.254 e. The van der Waals surface area contributed by atoms with Crippen molar-refractivity contribution in [1.29, 1.82) is 0 Å². The van der Waals surface area contributed by atoms with Gasteiger partial charge in [-0.1, -0.05) is 65.7 Å². The SMILES string of the molecule is C1CCC(P(C2CCCCC2)C2CCCCC2)CC1.FB(F)F. The number of rotatable bonds is 3. The first-order chi connectivity index (χ1) is 11.2. The first-order valence-electron chi connectivity index (χ1n) is 9.88. The molecule has 0 unspecified atom stereocenters. The minimum Gasteiger partial charge on any atom is -0.254 e. The first-order valence-corrected chi connectivity index (χ1v) is 11.4. The van der Waals surface area contributed by atoms with Gasteiger partial charge >= 0.3 is 7.54 Å². The predicted octanol–water partition coefficient (Wildman–Crippen LogP) is 7.35. The van der Waals surface area contributed by atoms with E-state index >= 15 is 0 Å². The summed E-state index contributed by atoms with van der Waals surface area (Å²) in [7, 11) is -3.28. The molecule has 0 spiro atoms. The van der Waals surface area contributed by atoms with Gasteiger partial charge in [-0.15, -0.1) is 0 Å². The van der Waals surface area contributed by atoms with Crippen molar-refractivity contribution in [2.75, 3.05) is 0 Å². The summed E-state index contributed by atoms with van der Waals surface area (Å²) in [6.07, 6.45) is 23.6. The minimum absolute atomic E-state index is 0.385. The second-order valence-corrected chi connectivity index (χ2v) is 10.7. The van der Waals surface area contributed by atoms with Crippen LogP contribution < -0.4 is 0 Å². The third-order valence-corrected chi connectivity index (χ3v) is 10.1. The second kappa shape index (κ2) is 11.0. The Balaban J connectivity index is 0.000000433. The minimum atomic E-state index is -3.67. The van der Waals surface area contributed by atoms with Crippen molar-refractivity contribution in [1.82, 2.24) is 0 Å². The van der Waals surface area contributed by atoms with Gasteiger partial charge in [0.25, 0.3) is 0 Å². The van der Waals surface area contributed by atoms with Gasteiger partial charge in [-0.25, -0.2) is 0 Å². The Kier molecular flexibility index (Phi) is 9.38. The molecule has 3 saturated carbocycles. The standard InChI is InChI=1S/C18H33P.BF3/c1-4-10-16(11-5-1)19(17-12-6-2-7-13-17)18-14-8-3-9-15-18;2-1(3)4/h16-18H,1-15H2;. The quantitative estimate of drug-likeness (QED) is 0.369. The zero-order chi connectivity index (χ0) is 16.5. The van der Waals surface area contributed by atoms with E-state index in [2.05, 4.69) is 0 Å². The van der Waals surface area contributed by atoms with Gasteiger partial charge in [0.15, 0.2) is 0 Å². The van der Waals surface area contributed by atoms with Crippen LogP contribution in [0.1, 0.15) is 96.3 Å². The van der Waals surface area contributed by atoms with Gasteiger partial charge in [-0.3, -0.25) is 12.9 Å². The fourth-order valence-electron chi connectivity index (χ4n) is 5.03. The lowest BCUT2D eigenvalue weighted by Crippen LogP contribution is -2.28. The van der Waals surface area contributed by atoms with Crippen molar-refractivity contribution < 1.29 is 12.9 Å². The van der Waals surface area contributed by atoms with Crippen molar-refractivity contribution in [2.24, 2.45) is 0 Å². The molecule has 0 atom stereocenters. The molecular formula is C18H33BF3P. The van der Waals surface area contributed by atoms with E-state index in [4.69, 9.17) is 0 Å². The zero-order valence-corrected chi connectivity index (χ0v) is 15.4. The van der Waals surface area contributed by atoms with Crippen LogP contribution in [-0.4, -0.2) is 24.5 Å². The summed E-state index contributed by atoms with van der Waals surface area (Å²) in [4.78, 5) is 0. The topological polar surface area (TPSA) is 0 Å². The maximum Gasteiger partial charge on any atom is 0.762 e. The first kappa shape index (κ1) is 19.6. The van der Waals surface area contributed by atoms with Gasteiger partial charge in [-0.2, -0.15) is 0 Å². The van der Waals surface area contributed by atoms with Crippen LogP contribution in [0.4, 0.5) is 12.9 Å². The molecule has 3 rings (SSSR count). The monoisotopic (exact) mass is 348 g/mol. The van der Waals surface area contributed by atoms with Crippen molar-refractivity contribution in [3.05, 3.63) is 0 Å². The molecule has 0 heterocycles. The molecule has 3 fully saturated rings. The molecule has 5 heteroatoms. The Morgan fingerprint density at radius 2 is 0.696 bits per heavy atom. The lowest BCUT2D eigenvalue weighted by molar-refractivity contribution is 0.460. The highest BCUT2D eigenvalue weighted by atomic mass is 31.1. The van der Waals surface area contributed by atoms with E-state index < -0.39 is 7.54 Å². The Morgan fingerprint density at radius 1 is 0.478 bits per heavy atom. The highest BCUT2D eigenvalue weighted by Crippen LogP contribution is 2.61. The Bertz CT molecular complexity index is 253. The predicted molar refractivity (Wildman–Crippen MR) is 96.6 cm³/mol. The summed E-state index contributed by atoms with van der Waals surface area (Å²) < 4.78 is 29.0. The molecule has 0 aromatic rings. The fourth-order valence-corrected chi connectivity index (χ4v) is 9.71. The molecule has 0 aliphatic heterocycles. The van der Waals surface area contributed by atoms with Crippen LogP contribution in [0.15, 0.2) is 0 Å². The summed E-state index contributed by atoms with van der Waals surface area (Å²) in [5.41, 5.74) is 3.57. The number of halogens is 3. The van der Waals surface area contributed by atoms with Gasteiger partial charge in [0.2, 0.25) is 0 Å². The van der Waals surface area contributed by atoms with Crippen LogP contribution in [0.25, 0.3) is 0 Å². The average molecular weight is 348 g/mol. The number of hydrogen-bond donors (Lipinski definition) is 0. The third kappa shape index (κ3) is 6.96. The maximum absolute atomic E-state index is 9.67. The van der Waals surface area contributed by atoms with E-state index in [1.807, 2.05) is 0 Å². The molecule has 0 saturated heterocycles. The second-order valence-electron chi connectivity index (χ2n) is 7.57. The lowest BCUT2D eigenvalue weighted by atomic mass is 9.99. The van der Waals surface area contributed by atoms with E-state index in [9.17, 15) is 12.9 Å². The maximum atomic E-state index is 9.67. The number of hydrogen-bond acceptors (Lipinski definition) is 0. The van der Waals surface area contributed by atoms with Crippen LogP contribution in [0.3, 0.4) is 0 Å². The average Bonchev–Trinajstić information content (AvgIpc) is 2.58. The molecule has 0 nitrogen and oxygen atoms in total. The Labute approximate surface area is 142 Å². The summed E-state index contributed by atoms with van der Waals surface area (Å²) >= 11 is 0. The Morgan fingerprint density at radius 3 is 0.913 bits per heavy atom. The summed E-state index contributed by atoms with van der Waals surface area (Å²) in [6.45, 7) is 0. The van der Waals surface area contributed by atoms with E-state index in [1.165, 1.54) is 36.2 Å². The van der Waals surface area contributed by atoms with E-state index in [0.29, 0.717) is 7.92 Å². The van der Waals surface area contributed by atoms with E-state index in [-0.39, 0.29) is 0 Å². The summed E-state index contributed by atoms with van der Waals surface area (Å²) in [5.74, 6) is 0. The van der Waals surface area contributed by atoms with E-state index in [0.717, 1.165) is 0 Å². The molecule has 0 aromatic heterocycles. The molecule has 3 aliphatic rings. The largest absolute Gasteiger partial charge is 0.762 e. The molecule has 3 aliphatic carbocycles. The van der Waals surface area contributed by atoms with Crippen molar-refractivity contribution >= 4 is 15.5 Å². The molecule has 23 heavy (non-hydrogen) atoms. The Hall–Kier alpha value is 0.285. The molecular weight excluding hydrogens is 315 g/mol. The molecule has 0 amide bonds. The molecule has 134 valence electrons. The van der Waals surface area contributed by atoms with Gasteiger partial charge in [0, 0.05) is 0 Å². The summed E-state index contributed by atoms with van der Waals surface area (Å²) in [6, 6.07) is 0. The molecule has 0 N–H and O–H groups in total. The molecule has 0 radical (unpaired) electrons. The van der Waals surface area contributed by atoms with Crippen molar-refractivity contribution in [3.8, 4) is 0 Å². The van der Waals surface area contributed by atoms with Gasteiger partial charge in [0.1, 0.15) is 0 Å². The third-order valence-electron chi connectivity index (χ3n) is 5.99. The van der Waals surface area contributed by atoms with Gasteiger partial charge < -0.3 is 0 Å². The fraction of sp³-hybridized carbons (Fsp3) is 1.00. The van der Waals surface area contributed by atoms with E-state index in [1.54, 1.807) is 77.0 Å². The van der Waals surface area contributed by atoms with Crippen molar-refractivity contribution in [3.63, 3.8) is 0 Å². The summed E-state index contributed by atoms with van der Waals surface area (Å²) in [5, 5.41) is 0. The lowest BCUT2D eigenvalue weighted by Gasteiger charge is -2.44. The normalized spacial score (nSPS) is 25.0. The van der Waals surface area contributed by atoms with Crippen LogP contribution in [-0.2, 0) is 0 Å². The molecule has 0 bridgehead atoms. The highest BCUT2D eigenvalue weighted by Gasteiger charge is 2.36. The van der Waals surface area contributed by atoms with Gasteiger partial charge in [-0.05, 0) is 55.5 Å². The van der Waals surface area contributed by atoms with Gasteiger partial charge in [0.05, 0.1) is 0 Å². The van der Waals surface area contributed by atoms with Crippen LogP contribution in [0, 0.1) is 0 Å². The van der Waals surface area contributed by atoms with Crippen LogP contribution in [0.2, 0.25) is 0 Å². The highest BCUT2D eigenvalue weighted by molar-refractivity contribution is 7.60. The molecule has 0 aromatic carbocycles.